The van der Waals surface area contributed by atoms with E-state index in [9.17, 15) is 0 Å². The third-order valence-corrected chi connectivity index (χ3v) is 11.7. The molecule has 1 aliphatic rings. The van der Waals surface area contributed by atoms with Crippen molar-refractivity contribution >= 4 is 60.7 Å². The number of aromatic amines is 1. The van der Waals surface area contributed by atoms with Crippen LogP contribution in [-0.2, 0) is 5.41 Å². The van der Waals surface area contributed by atoms with Crippen LogP contribution in [0.4, 0.5) is 17.1 Å². The van der Waals surface area contributed by atoms with E-state index in [0.29, 0.717) is 0 Å². The minimum absolute atomic E-state index is 0.107. The molecule has 0 saturated carbocycles. The van der Waals surface area contributed by atoms with Gasteiger partial charge in [-0.15, -0.1) is 0 Å². The molecule has 0 aliphatic heterocycles. The van der Waals surface area contributed by atoms with Crippen LogP contribution in [0.2, 0.25) is 0 Å². The van der Waals surface area contributed by atoms with Crippen molar-refractivity contribution < 1.29 is 0 Å². The first-order chi connectivity index (χ1) is 26.5. The molecule has 0 fully saturated rings. The average Bonchev–Trinajstić information content (AvgIpc) is 3.84. The minimum atomic E-state index is -0.107. The molecule has 0 bridgehead atoms. The van der Waals surface area contributed by atoms with Crippen LogP contribution >= 0.6 is 0 Å². The van der Waals surface area contributed by atoms with E-state index in [1.807, 2.05) is 0 Å². The van der Waals surface area contributed by atoms with Crippen molar-refractivity contribution in [3.8, 4) is 27.9 Å². The number of aromatic nitrogens is 2. The minimum Gasteiger partial charge on any atom is -0.354 e. The fourth-order valence-electron chi connectivity index (χ4n) is 9.14. The number of anilines is 3. The Morgan fingerprint density at radius 1 is 0.444 bits per heavy atom. The van der Waals surface area contributed by atoms with Crippen molar-refractivity contribution in [3.05, 3.63) is 193 Å². The summed E-state index contributed by atoms with van der Waals surface area (Å²) in [5.74, 6) is 0. The average molecular weight is 692 g/mol. The van der Waals surface area contributed by atoms with Crippen molar-refractivity contribution in [3.63, 3.8) is 0 Å². The zero-order valence-corrected chi connectivity index (χ0v) is 30.2. The number of fused-ring (bicyclic) bond motifs is 9. The summed E-state index contributed by atoms with van der Waals surface area (Å²) in [6.07, 6.45) is 0. The number of nitrogens with one attached hydrogen (secondary N) is 1. The highest BCUT2D eigenvalue weighted by atomic mass is 15.1. The van der Waals surface area contributed by atoms with Crippen LogP contribution in [0, 0.1) is 0 Å². The standard InChI is InChI=1S/C51H37N3/c1-51(2)45-22-12-9-19-38(45)39-27-26-36(32-46(39)51)53(34-15-5-3-6-16-34)37-30-42(50-44(31-37)40-20-10-13-23-47(40)52-50)33-25-28-49-43(29-33)41-21-11-14-24-48(41)54(49)35-17-7-4-8-18-35/h3-32,52H,1-2H3. The first-order valence-corrected chi connectivity index (χ1v) is 18.8. The van der Waals surface area contributed by atoms with Gasteiger partial charge in [0.15, 0.2) is 0 Å². The summed E-state index contributed by atoms with van der Waals surface area (Å²) in [6.45, 7) is 4.71. The summed E-state index contributed by atoms with van der Waals surface area (Å²) in [5, 5.41) is 4.91. The Hall–Kier alpha value is -6.84. The molecule has 8 aromatic carbocycles. The van der Waals surface area contributed by atoms with Crippen LogP contribution in [0.3, 0.4) is 0 Å². The Labute approximate surface area is 314 Å². The van der Waals surface area contributed by atoms with Crippen LogP contribution in [0.1, 0.15) is 25.0 Å². The van der Waals surface area contributed by atoms with Crippen molar-refractivity contribution in [2.75, 3.05) is 4.90 Å². The molecule has 0 atom stereocenters. The Bertz CT molecular complexity index is 3070. The number of benzene rings is 8. The van der Waals surface area contributed by atoms with Gasteiger partial charge in [0.1, 0.15) is 0 Å². The third-order valence-electron chi connectivity index (χ3n) is 11.7. The summed E-state index contributed by atoms with van der Waals surface area (Å²) >= 11 is 0. The number of hydrogen-bond acceptors (Lipinski definition) is 1. The molecule has 3 heteroatoms. The van der Waals surface area contributed by atoms with Crippen LogP contribution in [0.25, 0.3) is 71.6 Å². The molecule has 0 spiro atoms. The second-order valence-electron chi connectivity index (χ2n) is 15.1. The van der Waals surface area contributed by atoms with E-state index in [4.69, 9.17) is 0 Å². The molecule has 0 radical (unpaired) electrons. The maximum atomic E-state index is 3.84. The quantitative estimate of drug-likeness (QED) is 0.191. The number of para-hydroxylation sites is 4. The van der Waals surface area contributed by atoms with Crippen LogP contribution < -0.4 is 4.90 Å². The molecule has 0 amide bonds. The Morgan fingerprint density at radius 2 is 1.13 bits per heavy atom. The number of H-pyrrole nitrogens is 1. The Kier molecular flexibility index (Phi) is 6.60. The lowest BCUT2D eigenvalue weighted by atomic mass is 9.82. The first-order valence-electron chi connectivity index (χ1n) is 18.8. The number of nitrogens with zero attached hydrogens (tertiary/aromatic N) is 2. The molecule has 1 aliphatic carbocycles. The topological polar surface area (TPSA) is 24.0 Å². The predicted octanol–water partition coefficient (Wildman–Crippen LogP) is 13.9. The Morgan fingerprint density at radius 3 is 1.98 bits per heavy atom. The number of rotatable bonds is 5. The summed E-state index contributed by atoms with van der Waals surface area (Å²) in [5.41, 5.74) is 16.9. The monoisotopic (exact) mass is 691 g/mol. The maximum absolute atomic E-state index is 3.84. The van der Waals surface area contributed by atoms with Gasteiger partial charge in [-0.1, -0.05) is 123 Å². The lowest BCUT2D eigenvalue weighted by Gasteiger charge is -2.28. The van der Waals surface area contributed by atoms with Crippen LogP contribution in [-0.4, -0.2) is 9.55 Å². The summed E-state index contributed by atoms with van der Waals surface area (Å²) < 4.78 is 2.38. The van der Waals surface area contributed by atoms with Gasteiger partial charge >= 0.3 is 0 Å². The molecule has 2 aromatic heterocycles. The summed E-state index contributed by atoms with van der Waals surface area (Å²) in [7, 11) is 0. The van der Waals surface area contributed by atoms with Crippen molar-refractivity contribution in [1.82, 2.24) is 9.55 Å². The van der Waals surface area contributed by atoms with Gasteiger partial charge in [-0.25, -0.2) is 0 Å². The lowest BCUT2D eigenvalue weighted by Crippen LogP contribution is -2.16. The van der Waals surface area contributed by atoms with Gasteiger partial charge in [0.25, 0.3) is 0 Å². The van der Waals surface area contributed by atoms with Crippen molar-refractivity contribution in [1.29, 1.82) is 0 Å². The van der Waals surface area contributed by atoms with E-state index in [1.54, 1.807) is 0 Å². The molecule has 54 heavy (non-hydrogen) atoms. The Balaban J connectivity index is 1.17. The second-order valence-corrected chi connectivity index (χ2v) is 15.1. The maximum Gasteiger partial charge on any atom is 0.0546 e. The highest BCUT2D eigenvalue weighted by Crippen LogP contribution is 2.51. The first kappa shape index (κ1) is 30.8. The molecule has 3 nitrogen and oxygen atoms in total. The van der Waals surface area contributed by atoms with Crippen LogP contribution in [0.5, 0.6) is 0 Å². The molecular formula is C51H37N3. The van der Waals surface area contributed by atoms with Crippen molar-refractivity contribution in [2.24, 2.45) is 0 Å². The molecular weight excluding hydrogens is 655 g/mol. The van der Waals surface area contributed by atoms with Gasteiger partial charge in [0.2, 0.25) is 0 Å². The van der Waals surface area contributed by atoms with E-state index in [-0.39, 0.29) is 5.41 Å². The van der Waals surface area contributed by atoms with Gasteiger partial charge < -0.3 is 14.5 Å². The van der Waals surface area contributed by atoms with Gasteiger partial charge in [0.05, 0.1) is 16.6 Å². The highest BCUT2D eigenvalue weighted by Gasteiger charge is 2.35. The van der Waals surface area contributed by atoms with Gasteiger partial charge in [-0.05, 0) is 101 Å². The van der Waals surface area contributed by atoms with E-state index in [0.717, 1.165) is 33.8 Å². The van der Waals surface area contributed by atoms with Gasteiger partial charge in [0, 0.05) is 60.8 Å². The third kappa shape index (κ3) is 4.48. The molecule has 10 aromatic rings. The van der Waals surface area contributed by atoms with Gasteiger partial charge in [-0.2, -0.15) is 0 Å². The largest absolute Gasteiger partial charge is 0.354 e. The predicted molar refractivity (Wildman–Crippen MR) is 228 cm³/mol. The van der Waals surface area contributed by atoms with Crippen molar-refractivity contribution in [2.45, 2.75) is 19.3 Å². The summed E-state index contributed by atoms with van der Waals surface area (Å²) in [6, 6.07) is 66.6. The van der Waals surface area contributed by atoms with E-state index in [2.05, 4.69) is 210 Å². The fraction of sp³-hybridized carbons (Fsp3) is 0.0588. The van der Waals surface area contributed by atoms with E-state index < -0.39 is 0 Å². The molecule has 11 rings (SSSR count). The molecule has 1 N–H and O–H groups in total. The molecule has 0 unspecified atom stereocenters. The smallest absolute Gasteiger partial charge is 0.0546 e. The normalized spacial score (nSPS) is 13.1. The highest BCUT2D eigenvalue weighted by molar-refractivity contribution is 6.15. The molecule has 2 heterocycles. The van der Waals surface area contributed by atoms with E-state index in [1.165, 1.54) is 66.0 Å². The van der Waals surface area contributed by atoms with E-state index >= 15 is 0 Å². The zero-order chi connectivity index (χ0) is 36.0. The number of hydrogen-bond donors (Lipinski definition) is 1. The van der Waals surface area contributed by atoms with Crippen LogP contribution in [0.15, 0.2) is 182 Å². The molecule has 0 saturated heterocycles. The van der Waals surface area contributed by atoms with Gasteiger partial charge in [-0.3, -0.25) is 0 Å². The SMILES string of the molecule is CC1(C)c2ccccc2-c2ccc(N(c3ccccc3)c3cc(-c4ccc5c(c4)c4ccccc4n5-c4ccccc4)c4[nH]c5ccccc5c4c3)cc21. The lowest BCUT2D eigenvalue weighted by molar-refractivity contribution is 0.660. The zero-order valence-electron chi connectivity index (χ0n) is 30.2. The second kappa shape index (κ2) is 11.6. The molecule has 256 valence electrons. The summed E-state index contributed by atoms with van der Waals surface area (Å²) in [4.78, 5) is 6.27. The fourth-order valence-corrected chi connectivity index (χ4v) is 9.14.